The maximum Gasteiger partial charge on any atom is 0.325 e. The summed E-state index contributed by atoms with van der Waals surface area (Å²) in [4.78, 5) is 38.9. The van der Waals surface area contributed by atoms with Crippen LogP contribution in [0.2, 0.25) is 0 Å². The summed E-state index contributed by atoms with van der Waals surface area (Å²) in [5, 5.41) is 0. The first kappa shape index (κ1) is 18.0. The third-order valence-electron chi connectivity index (χ3n) is 4.30. The number of hydrogen-bond acceptors (Lipinski definition) is 5. The fourth-order valence-corrected chi connectivity index (χ4v) is 2.95. The van der Waals surface area contributed by atoms with Gasteiger partial charge >= 0.3 is 11.9 Å². The molecule has 1 amide bonds. The molecule has 24 heavy (non-hydrogen) atoms. The van der Waals surface area contributed by atoms with Gasteiger partial charge in [0.25, 0.3) is 0 Å². The van der Waals surface area contributed by atoms with Gasteiger partial charge in [0, 0.05) is 6.54 Å². The molecule has 6 nitrogen and oxygen atoms in total. The Morgan fingerprint density at radius 3 is 2.17 bits per heavy atom. The van der Waals surface area contributed by atoms with E-state index < -0.39 is 17.4 Å². The summed E-state index contributed by atoms with van der Waals surface area (Å²) in [6.07, 6.45) is -0.220. The summed E-state index contributed by atoms with van der Waals surface area (Å²) in [5.74, 6) is -1.65. The molecule has 0 spiro atoms. The van der Waals surface area contributed by atoms with Gasteiger partial charge in [-0.05, 0) is 26.3 Å². The fraction of sp³-hybridized carbons (Fsp3) is 0.500. The lowest BCUT2D eigenvalue weighted by Crippen LogP contribution is -2.44. The number of benzene rings is 1. The van der Waals surface area contributed by atoms with Crippen molar-refractivity contribution < 1.29 is 23.9 Å². The van der Waals surface area contributed by atoms with E-state index in [-0.39, 0.29) is 38.1 Å². The van der Waals surface area contributed by atoms with Crippen LogP contribution >= 0.6 is 0 Å². The van der Waals surface area contributed by atoms with E-state index in [2.05, 4.69) is 0 Å². The van der Waals surface area contributed by atoms with E-state index in [9.17, 15) is 14.4 Å². The molecule has 0 aromatic heterocycles. The Hall–Kier alpha value is -2.37. The number of rotatable bonds is 6. The number of likely N-dealkylation sites (tertiary alicyclic amines) is 1. The molecule has 6 heteroatoms. The van der Waals surface area contributed by atoms with Crippen LogP contribution in [0.5, 0.6) is 0 Å². The van der Waals surface area contributed by atoms with E-state index in [1.165, 1.54) is 0 Å². The highest BCUT2D eigenvalue weighted by molar-refractivity contribution is 6.06. The monoisotopic (exact) mass is 333 g/mol. The van der Waals surface area contributed by atoms with Crippen LogP contribution in [0.3, 0.4) is 0 Å². The first-order chi connectivity index (χ1) is 11.5. The van der Waals surface area contributed by atoms with Crippen LogP contribution in [-0.4, -0.2) is 42.5 Å². The van der Waals surface area contributed by atoms with Crippen molar-refractivity contribution in [3.63, 3.8) is 0 Å². The second-order valence-corrected chi connectivity index (χ2v) is 5.81. The predicted molar refractivity (Wildman–Crippen MR) is 86.9 cm³/mol. The van der Waals surface area contributed by atoms with Crippen molar-refractivity contribution in [3.05, 3.63) is 35.9 Å². The topological polar surface area (TPSA) is 72.9 Å². The zero-order valence-corrected chi connectivity index (χ0v) is 14.3. The summed E-state index contributed by atoms with van der Waals surface area (Å²) < 4.78 is 10.1. The number of esters is 2. The molecule has 0 saturated carbocycles. The highest BCUT2D eigenvalue weighted by Crippen LogP contribution is 2.38. The van der Waals surface area contributed by atoms with E-state index in [1.807, 2.05) is 37.3 Å². The number of nitrogens with zero attached hydrogens (tertiary/aromatic N) is 1. The second-order valence-electron chi connectivity index (χ2n) is 5.81. The molecule has 0 bridgehead atoms. The van der Waals surface area contributed by atoms with Crippen LogP contribution in [0.15, 0.2) is 30.3 Å². The number of carbonyl (C=O) groups excluding carboxylic acids is 3. The van der Waals surface area contributed by atoms with Gasteiger partial charge in [-0.2, -0.15) is 0 Å². The Labute approximate surface area is 141 Å². The van der Waals surface area contributed by atoms with Gasteiger partial charge in [0.15, 0.2) is 5.41 Å². The Bertz CT molecular complexity index is 595. The first-order valence-electron chi connectivity index (χ1n) is 8.15. The fourth-order valence-electron chi connectivity index (χ4n) is 2.95. The van der Waals surface area contributed by atoms with E-state index in [4.69, 9.17) is 9.47 Å². The molecule has 1 saturated heterocycles. The molecule has 1 aliphatic heterocycles. The van der Waals surface area contributed by atoms with Crippen molar-refractivity contribution >= 4 is 17.8 Å². The molecule has 2 rings (SSSR count). The Kier molecular flexibility index (Phi) is 5.59. The van der Waals surface area contributed by atoms with Crippen molar-refractivity contribution in [1.82, 2.24) is 4.90 Å². The number of ether oxygens (including phenoxy) is 2. The standard InChI is InChI=1S/C18H23NO5/c1-4-23-16(21)18(17(22)24-5-2)11-15(20)19(12-18)13(3)14-9-7-6-8-10-14/h6-10,13H,4-5,11-12H2,1-3H3. The van der Waals surface area contributed by atoms with E-state index in [1.54, 1.807) is 18.7 Å². The number of amides is 1. The highest BCUT2D eigenvalue weighted by Gasteiger charge is 2.57. The van der Waals surface area contributed by atoms with Gasteiger partial charge in [-0.15, -0.1) is 0 Å². The largest absolute Gasteiger partial charge is 0.465 e. The Morgan fingerprint density at radius 2 is 1.67 bits per heavy atom. The molecule has 1 aromatic rings. The third-order valence-corrected chi connectivity index (χ3v) is 4.30. The molecule has 1 aromatic carbocycles. The van der Waals surface area contributed by atoms with Gasteiger partial charge in [0.05, 0.1) is 25.7 Å². The predicted octanol–water partition coefficient (Wildman–Crippen LogP) is 2.09. The van der Waals surface area contributed by atoms with Crippen molar-refractivity contribution in [2.45, 2.75) is 33.2 Å². The van der Waals surface area contributed by atoms with Gasteiger partial charge in [-0.1, -0.05) is 30.3 Å². The summed E-state index contributed by atoms with van der Waals surface area (Å²) in [6.45, 7) is 5.46. The van der Waals surface area contributed by atoms with Gasteiger partial charge < -0.3 is 14.4 Å². The number of carbonyl (C=O) groups is 3. The summed E-state index contributed by atoms with van der Waals surface area (Å²) in [6, 6.07) is 9.24. The Balaban J connectivity index is 2.30. The molecule has 1 atom stereocenters. The lowest BCUT2D eigenvalue weighted by atomic mass is 9.87. The van der Waals surface area contributed by atoms with E-state index >= 15 is 0 Å². The van der Waals surface area contributed by atoms with Crippen LogP contribution < -0.4 is 0 Å². The lowest BCUT2D eigenvalue weighted by molar-refractivity contribution is -0.171. The molecule has 1 unspecified atom stereocenters. The molecular weight excluding hydrogens is 310 g/mol. The van der Waals surface area contributed by atoms with E-state index in [0.29, 0.717) is 0 Å². The van der Waals surface area contributed by atoms with E-state index in [0.717, 1.165) is 5.56 Å². The van der Waals surface area contributed by atoms with Gasteiger partial charge in [0.1, 0.15) is 0 Å². The average molecular weight is 333 g/mol. The highest BCUT2D eigenvalue weighted by atomic mass is 16.6. The van der Waals surface area contributed by atoms with Gasteiger partial charge in [-0.25, -0.2) is 0 Å². The SMILES string of the molecule is CCOC(=O)C1(C(=O)OCC)CC(=O)N(C(C)c2ccccc2)C1. The third kappa shape index (κ3) is 3.27. The Morgan fingerprint density at radius 1 is 1.12 bits per heavy atom. The second kappa shape index (κ2) is 7.47. The number of hydrogen-bond donors (Lipinski definition) is 0. The molecule has 1 aliphatic rings. The molecule has 0 N–H and O–H groups in total. The molecule has 130 valence electrons. The van der Waals surface area contributed by atoms with Crippen molar-refractivity contribution in [1.29, 1.82) is 0 Å². The molecule has 0 aliphatic carbocycles. The summed E-state index contributed by atoms with van der Waals surface area (Å²) in [5.41, 5.74) is -0.638. The van der Waals surface area contributed by atoms with Crippen molar-refractivity contribution in [2.24, 2.45) is 5.41 Å². The minimum absolute atomic E-state index is 0.0282. The quantitative estimate of drug-likeness (QED) is 0.589. The molecular formula is C18H23NO5. The van der Waals surface area contributed by atoms with Gasteiger partial charge in [0.2, 0.25) is 5.91 Å². The first-order valence-corrected chi connectivity index (χ1v) is 8.15. The van der Waals surface area contributed by atoms with Crippen molar-refractivity contribution in [3.8, 4) is 0 Å². The minimum atomic E-state index is -1.58. The zero-order valence-electron chi connectivity index (χ0n) is 14.3. The summed E-state index contributed by atoms with van der Waals surface area (Å²) >= 11 is 0. The normalized spacial score (nSPS) is 17.5. The minimum Gasteiger partial charge on any atom is -0.465 e. The van der Waals surface area contributed by atoms with Crippen LogP contribution in [-0.2, 0) is 23.9 Å². The molecule has 1 heterocycles. The maximum atomic E-state index is 12.5. The average Bonchev–Trinajstić information content (AvgIpc) is 2.94. The van der Waals surface area contributed by atoms with Gasteiger partial charge in [-0.3, -0.25) is 14.4 Å². The van der Waals surface area contributed by atoms with Crippen LogP contribution in [0, 0.1) is 5.41 Å². The molecule has 1 fully saturated rings. The summed E-state index contributed by atoms with van der Waals surface area (Å²) in [7, 11) is 0. The molecule has 0 radical (unpaired) electrons. The lowest BCUT2D eigenvalue weighted by Gasteiger charge is -2.28. The van der Waals surface area contributed by atoms with Crippen LogP contribution in [0.1, 0.15) is 38.8 Å². The maximum absolute atomic E-state index is 12.5. The van der Waals surface area contributed by atoms with Crippen LogP contribution in [0.25, 0.3) is 0 Å². The van der Waals surface area contributed by atoms with Crippen molar-refractivity contribution in [2.75, 3.05) is 19.8 Å². The zero-order chi connectivity index (χ0) is 17.7. The smallest absolute Gasteiger partial charge is 0.325 e. The van der Waals surface area contributed by atoms with Crippen LogP contribution in [0.4, 0.5) is 0 Å².